The topological polar surface area (TPSA) is 33.1 Å². The van der Waals surface area contributed by atoms with Crippen molar-refractivity contribution >= 4 is 11.3 Å². The number of hydrogen-bond acceptors (Lipinski definition) is 3. The molecule has 0 bridgehead atoms. The van der Waals surface area contributed by atoms with Crippen molar-refractivity contribution in [2.75, 3.05) is 0 Å². The summed E-state index contributed by atoms with van der Waals surface area (Å²) in [7, 11) is 0. The summed E-state index contributed by atoms with van der Waals surface area (Å²) < 4.78 is 0. The van der Waals surface area contributed by atoms with Crippen LogP contribution in [0.15, 0.2) is 48.5 Å². The normalized spacial score (nSPS) is 12.2. The first kappa shape index (κ1) is 10.8. The van der Waals surface area contributed by atoms with E-state index in [0.29, 0.717) is 0 Å². The van der Waals surface area contributed by atoms with Gasteiger partial charge in [0.1, 0.15) is 10.8 Å². The van der Waals surface area contributed by atoms with Crippen molar-refractivity contribution in [1.82, 2.24) is 4.98 Å². The molecule has 1 aromatic heterocycles. The summed E-state index contributed by atoms with van der Waals surface area (Å²) in [5.41, 5.74) is 4.70. The first-order valence-corrected chi connectivity index (χ1v) is 7.00. The number of aromatic nitrogens is 1. The number of nitrogens with zero attached hydrogens (tertiary/aromatic N) is 1. The lowest BCUT2D eigenvalue weighted by Crippen LogP contribution is -1.81. The van der Waals surface area contributed by atoms with Gasteiger partial charge in [-0.05, 0) is 17.7 Å². The Bertz CT molecular complexity index is 776. The third-order valence-corrected chi connectivity index (χ3v) is 4.52. The second-order valence-electron chi connectivity index (χ2n) is 4.68. The number of benzene rings is 2. The van der Waals surface area contributed by atoms with Crippen molar-refractivity contribution in [2.45, 2.75) is 6.42 Å². The molecule has 4 rings (SSSR count). The van der Waals surface area contributed by atoms with E-state index in [4.69, 9.17) is 4.98 Å². The molecule has 0 spiro atoms. The van der Waals surface area contributed by atoms with E-state index >= 15 is 0 Å². The molecule has 3 heteroatoms. The molecule has 3 aromatic rings. The summed E-state index contributed by atoms with van der Waals surface area (Å²) in [4.78, 5) is 6.07. The standard InChI is InChI=1S/C16H11NOS/c18-12-6-3-5-11(8-12)16-17-15-13-7-2-1-4-10(13)9-14(15)19-16/h1-8,18H,9H2. The summed E-state index contributed by atoms with van der Waals surface area (Å²) in [6.07, 6.45) is 0.974. The average Bonchev–Trinajstić information content (AvgIpc) is 2.96. The Morgan fingerprint density at radius 2 is 1.95 bits per heavy atom. The fraction of sp³-hybridized carbons (Fsp3) is 0.0625. The van der Waals surface area contributed by atoms with Crippen molar-refractivity contribution in [3.8, 4) is 27.6 Å². The van der Waals surface area contributed by atoms with Crippen LogP contribution < -0.4 is 0 Å². The van der Waals surface area contributed by atoms with E-state index in [2.05, 4.69) is 24.3 Å². The Morgan fingerprint density at radius 3 is 2.84 bits per heavy atom. The van der Waals surface area contributed by atoms with Crippen molar-refractivity contribution < 1.29 is 5.11 Å². The number of hydrogen-bond donors (Lipinski definition) is 1. The summed E-state index contributed by atoms with van der Waals surface area (Å²) in [6.45, 7) is 0. The number of thiazole rings is 1. The van der Waals surface area contributed by atoms with Crippen molar-refractivity contribution in [2.24, 2.45) is 0 Å². The van der Waals surface area contributed by atoms with Gasteiger partial charge in [0.15, 0.2) is 0 Å². The maximum atomic E-state index is 9.56. The SMILES string of the molecule is Oc1cccc(-c2nc3c(s2)Cc2ccccc2-3)c1. The van der Waals surface area contributed by atoms with Gasteiger partial charge in [-0.3, -0.25) is 0 Å². The molecule has 0 amide bonds. The van der Waals surface area contributed by atoms with Crippen LogP contribution >= 0.6 is 11.3 Å². The van der Waals surface area contributed by atoms with Gasteiger partial charge in [0.05, 0.1) is 5.69 Å². The smallest absolute Gasteiger partial charge is 0.124 e. The summed E-state index contributed by atoms with van der Waals surface area (Å²) in [6, 6.07) is 15.7. The molecule has 0 radical (unpaired) electrons. The minimum absolute atomic E-state index is 0.285. The molecule has 1 aliphatic carbocycles. The van der Waals surface area contributed by atoms with Gasteiger partial charge in [-0.15, -0.1) is 11.3 Å². The second kappa shape index (κ2) is 3.93. The lowest BCUT2D eigenvalue weighted by Gasteiger charge is -1.99. The van der Waals surface area contributed by atoms with Gasteiger partial charge >= 0.3 is 0 Å². The van der Waals surface area contributed by atoms with Crippen LogP contribution in [0.5, 0.6) is 5.75 Å². The molecule has 1 N–H and O–H groups in total. The Hall–Kier alpha value is -2.13. The fourth-order valence-electron chi connectivity index (χ4n) is 2.52. The van der Waals surface area contributed by atoms with Gasteiger partial charge in [0.25, 0.3) is 0 Å². The van der Waals surface area contributed by atoms with Crippen LogP contribution in [0.1, 0.15) is 10.4 Å². The molecular formula is C16H11NOS. The van der Waals surface area contributed by atoms with Crippen LogP contribution in [-0.2, 0) is 6.42 Å². The quantitative estimate of drug-likeness (QED) is 0.562. The zero-order chi connectivity index (χ0) is 12.8. The van der Waals surface area contributed by atoms with E-state index in [0.717, 1.165) is 22.7 Å². The maximum absolute atomic E-state index is 9.56. The van der Waals surface area contributed by atoms with E-state index in [9.17, 15) is 5.11 Å². The zero-order valence-electron chi connectivity index (χ0n) is 10.1. The summed E-state index contributed by atoms with van der Waals surface area (Å²) in [5, 5.41) is 10.5. The van der Waals surface area contributed by atoms with Gasteiger partial charge in [0.2, 0.25) is 0 Å². The Kier molecular flexibility index (Phi) is 2.23. The number of rotatable bonds is 1. The monoisotopic (exact) mass is 265 g/mol. The van der Waals surface area contributed by atoms with E-state index < -0.39 is 0 Å². The fourth-order valence-corrected chi connectivity index (χ4v) is 3.62. The minimum Gasteiger partial charge on any atom is -0.508 e. The summed E-state index contributed by atoms with van der Waals surface area (Å²) in [5.74, 6) is 0.285. The van der Waals surface area contributed by atoms with E-state index in [1.54, 1.807) is 23.5 Å². The number of phenols is 1. The van der Waals surface area contributed by atoms with Crippen LogP contribution in [0, 0.1) is 0 Å². The summed E-state index contributed by atoms with van der Waals surface area (Å²) >= 11 is 1.72. The molecule has 0 saturated heterocycles. The zero-order valence-corrected chi connectivity index (χ0v) is 10.9. The predicted octanol–water partition coefficient (Wildman–Crippen LogP) is 4.09. The Morgan fingerprint density at radius 1 is 1.05 bits per heavy atom. The van der Waals surface area contributed by atoms with Crippen LogP contribution in [0.4, 0.5) is 0 Å². The van der Waals surface area contributed by atoms with E-state index in [-0.39, 0.29) is 5.75 Å². The van der Waals surface area contributed by atoms with Gasteiger partial charge < -0.3 is 5.11 Å². The molecule has 0 fully saturated rings. The van der Waals surface area contributed by atoms with Crippen LogP contribution in [0.2, 0.25) is 0 Å². The molecule has 92 valence electrons. The number of phenolic OH excluding ortho intramolecular Hbond substituents is 1. The highest BCUT2D eigenvalue weighted by molar-refractivity contribution is 7.15. The van der Waals surface area contributed by atoms with Crippen molar-refractivity contribution in [3.05, 3.63) is 59.0 Å². The molecule has 1 aliphatic rings. The molecule has 2 aromatic carbocycles. The van der Waals surface area contributed by atoms with Gasteiger partial charge in [-0.1, -0.05) is 36.4 Å². The molecule has 0 atom stereocenters. The molecule has 0 saturated carbocycles. The first-order chi connectivity index (χ1) is 9.31. The first-order valence-electron chi connectivity index (χ1n) is 6.18. The van der Waals surface area contributed by atoms with Crippen LogP contribution in [0.3, 0.4) is 0 Å². The Labute approximate surface area is 115 Å². The minimum atomic E-state index is 0.285. The molecule has 0 aliphatic heterocycles. The highest BCUT2D eigenvalue weighted by Gasteiger charge is 2.23. The maximum Gasteiger partial charge on any atom is 0.124 e. The van der Waals surface area contributed by atoms with Gasteiger partial charge in [-0.2, -0.15) is 0 Å². The van der Waals surface area contributed by atoms with E-state index in [1.165, 1.54) is 16.0 Å². The van der Waals surface area contributed by atoms with Crippen LogP contribution in [0.25, 0.3) is 21.8 Å². The third-order valence-electron chi connectivity index (χ3n) is 3.41. The largest absolute Gasteiger partial charge is 0.508 e. The van der Waals surface area contributed by atoms with Crippen molar-refractivity contribution in [3.63, 3.8) is 0 Å². The molecular weight excluding hydrogens is 254 g/mol. The third kappa shape index (κ3) is 1.66. The highest BCUT2D eigenvalue weighted by atomic mass is 32.1. The number of aromatic hydroxyl groups is 1. The molecule has 0 unspecified atom stereocenters. The van der Waals surface area contributed by atoms with E-state index in [1.807, 2.05) is 12.1 Å². The lowest BCUT2D eigenvalue weighted by molar-refractivity contribution is 0.475. The van der Waals surface area contributed by atoms with Crippen molar-refractivity contribution in [1.29, 1.82) is 0 Å². The number of fused-ring (bicyclic) bond motifs is 3. The van der Waals surface area contributed by atoms with Crippen LogP contribution in [-0.4, -0.2) is 10.1 Å². The van der Waals surface area contributed by atoms with Gasteiger partial charge in [-0.25, -0.2) is 4.98 Å². The molecule has 19 heavy (non-hydrogen) atoms. The Balaban J connectivity index is 1.85. The molecule has 1 heterocycles. The average molecular weight is 265 g/mol. The lowest BCUT2D eigenvalue weighted by atomic mass is 10.1. The molecule has 2 nitrogen and oxygen atoms in total. The second-order valence-corrected chi connectivity index (χ2v) is 5.76. The highest BCUT2D eigenvalue weighted by Crippen LogP contribution is 2.42. The van der Waals surface area contributed by atoms with Gasteiger partial charge in [0, 0.05) is 22.4 Å². The predicted molar refractivity (Wildman–Crippen MR) is 77.5 cm³/mol.